The van der Waals surface area contributed by atoms with Gasteiger partial charge in [0, 0.05) is 31.9 Å². The first-order chi connectivity index (χ1) is 10.7. The Balaban J connectivity index is 2.17. The average molecular weight is 318 g/mol. The van der Waals surface area contributed by atoms with Crippen LogP contribution in [0.5, 0.6) is 0 Å². The molecule has 0 radical (unpaired) electrons. The first-order valence-electron chi connectivity index (χ1n) is 6.96. The van der Waals surface area contributed by atoms with Gasteiger partial charge in [0.05, 0.1) is 16.2 Å². The number of carbonyl (C=O) groups excluding carboxylic acids is 1. The zero-order valence-electron chi connectivity index (χ0n) is 13.1. The average Bonchev–Trinajstić information content (AvgIpc) is 2.94. The number of amides is 1. The molecule has 122 valence electrons. The van der Waals surface area contributed by atoms with Crippen LogP contribution < -0.4 is 0 Å². The van der Waals surface area contributed by atoms with E-state index in [1.807, 2.05) is 0 Å². The van der Waals surface area contributed by atoms with Crippen LogP contribution in [0.25, 0.3) is 5.69 Å². The first-order valence-corrected chi connectivity index (χ1v) is 6.96. The second kappa shape index (κ2) is 6.17. The highest BCUT2D eigenvalue weighted by Gasteiger charge is 2.22. The molecule has 0 atom stereocenters. The molecule has 1 heterocycles. The maximum absolute atomic E-state index is 12.3. The second-order valence-corrected chi connectivity index (χ2v) is 5.89. The Hall–Kier alpha value is -2.74. The second-order valence-electron chi connectivity index (χ2n) is 5.89. The zero-order chi connectivity index (χ0) is 17.2. The Morgan fingerprint density at radius 3 is 2.48 bits per heavy atom. The Morgan fingerprint density at radius 2 is 1.96 bits per heavy atom. The smallest absolute Gasteiger partial charge is 0.274 e. The number of benzene rings is 1. The minimum atomic E-state index is -0.995. The molecule has 23 heavy (non-hydrogen) atoms. The van der Waals surface area contributed by atoms with E-state index in [1.54, 1.807) is 45.3 Å². The van der Waals surface area contributed by atoms with Gasteiger partial charge in [-0.3, -0.25) is 14.9 Å². The molecule has 0 fully saturated rings. The molecule has 0 aliphatic carbocycles. The lowest BCUT2D eigenvalue weighted by molar-refractivity contribution is -0.384. The number of carbonyl (C=O) groups is 1. The summed E-state index contributed by atoms with van der Waals surface area (Å²) in [6.07, 6.45) is 1.60. The number of nitro benzene ring substituents is 1. The summed E-state index contributed by atoms with van der Waals surface area (Å²) in [5.74, 6) is -0.312. The first kappa shape index (κ1) is 16.6. The van der Waals surface area contributed by atoms with Crippen LogP contribution in [0.1, 0.15) is 24.3 Å². The topological polar surface area (TPSA) is 102 Å². The van der Waals surface area contributed by atoms with E-state index in [1.165, 1.54) is 21.7 Å². The maximum atomic E-state index is 12.3. The molecule has 0 spiro atoms. The third kappa shape index (κ3) is 4.13. The van der Waals surface area contributed by atoms with Gasteiger partial charge in [0.15, 0.2) is 5.69 Å². The van der Waals surface area contributed by atoms with Crippen LogP contribution in [0.2, 0.25) is 0 Å². The summed E-state index contributed by atoms with van der Waals surface area (Å²) in [5, 5.41) is 24.6. The van der Waals surface area contributed by atoms with Crippen molar-refractivity contribution in [2.24, 2.45) is 0 Å². The van der Waals surface area contributed by atoms with Crippen molar-refractivity contribution in [2.45, 2.75) is 19.4 Å². The lowest BCUT2D eigenvalue weighted by Gasteiger charge is -2.24. The van der Waals surface area contributed by atoms with Gasteiger partial charge in [0.25, 0.3) is 11.6 Å². The zero-order valence-corrected chi connectivity index (χ0v) is 13.1. The summed E-state index contributed by atoms with van der Waals surface area (Å²) in [6.45, 7) is 3.41. The predicted molar refractivity (Wildman–Crippen MR) is 83.5 cm³/mol. The van der Waals surface area contributed by atoms with Crippen LogP contribution in [0, 0.1) is 10.1 Å². The van der Waals surface area contributed by atoms with Crippen molar-refractivity contribution in [1.82, 2.24) is 14.7 Å². The molecule has 8 nitrogen and oxygen atoms in total. The van der Waals surface area contributed by atoms with Crippen molar-refractivity contribution in [1.29, 1.82) is 0 Å². The fraction of sp³-hybridized carbons (Fsp3) is 0.333. The molecule has 0 unspecified atom stereocenters. The van der Waals surface area contributed by atoms with E-state index in [4.69, 9.17) is 0 Å². The van der Waals surface area contributed by atoms with Crippen LogP contribution in [-0.4, -0.2) is 49.8 Å². The molecular weight excluding hydrogens is 300 g/mol. The summed E-state index contributed by atoms with van der Waals surface area (Å²) >= 11 is 0. The van der Waals surface area contributed by atoms with Gasteiger partial charge < -0.3 is 10.0 Å². The molecule has 0 saturated heterocycles. The van der Waals surface area contributed by atoms with Gasteiger partial charge in [0.1, 0.15) is 0 Å². The Morgan fingerprint density at radius 1 is 1.35 bits per heavy atom. The molecule has 1 aromatic carbocycles. The Bertz CT molecular complexity index is 716. The minimum absolute atomic E-state index is 0.0119. The normalized spacial score (nSPS) is 11.3. The summed E-state index contributed by atoms with van der Waals surface area (Å²) < 4.78 is 1.47. The van der Waals surface area contributed by atoms with E-state index in [-0.39, 0.29) is 23.8 Å². The van der Waals surface area contributed by atoms with E-state index in [9.17, 15) is 20.0 Å². The number of aliphatic hydroxyl groups is 1. The molecule has 1 aromatic heterocycles. The minimum Gasteiger partial charge on any atom is -0.389 e. The van der Waals surface area contributed by atoms with E-state index in [0.717, 1.165) is 0 Å². The fourth-order valence-electron chi connectivity index (χ4n) is 2.16. The number of hydrogen-bond donors (Lipinski definition) is 1. The third-order valence-electron chi connectivity index (χ3n) is 3.10. The van der Waals surface area contributed by atoms with E-state index < -0.39 is 10.5 Å². The Labute approximate surface area is 133 Å². The van der Waals surface area contributed by atoms with Crippen LogP contribution in [0.4, 0.5) is 5.69 Å². The highest BCUT2D eigenvalue weighted by atomic mass is 16.6. The van der Waals surface area contributed by atoms with Gasteiger partial charge in [-0.2, -0.15) is 5.10 Å². The molecule has 8 heteroatoms. The molecule has 1 N–H and O–H groups in total. The maximum Gasteiger partial charge on any atom is 0.274 e. The molecular formula is C15H18N4O4. The number of likely N-dealkylation sites (N-methyl/N-ethyl adjacent to an activating group) is 1. The van der Waals surface area contributed by atoms with E-state index >= 15 is 0 Å². The van der Waals surface area contributed by atoms with E-state index in [0.29, 0.717) is 5.69 Å². The van der Waals surface area contributed by atoms with Crippen molar-refractivity contribution < 1.29 is 14.8 Å². The van der Waals surface area contributed by atoms with Crippen LogP contribution >= 0.6 is 0 Å². The third-order valence-corrected chi connectivity index (χ3v) is 3.10. The van der Waals surface area contributed by atoms with Crippen molar-refractivity contribution >= 4 is 11.6 Å². The molecule has 0 bridgehead atoms. The number of nitro groups is 1. The van der Waals surface area contributed by atoms with Gasteiger partial charge in [0.2, 0.25) is 0 Å². The van der Waals surface area contributed by atoms with Crippen molar-refractivity contribution in [3.8, 4) is 5.69 Å². The summed E-state index contributed by atoms with van der Waals surface area (Å²) in [7, 11) is 1.59. The molecule has 0 aliphatic rings. The quantitative estimate of drug-likeness (QED) is 0.667. The summed E-state index contributed by atoms with van der Waals surface area (Å²) in [6, 6.07) is 7.42. The van der Waals surface area contributed by atoms with Gasteiger partial charge in [-0.15, -0.1) is 0 Å². The summed E-state index contributed by atoms with van der Waals surface area (Å²) in [5.41, 5.74) is -0.164. The highest BCUT2D eigenvalue weighted by Crippen LogP contribution is 2.15. The van der Waals surface area contributed by atoms with Crippen LogP contribution in [0.3, 0.4) is 0 Å². The molecule has 0 saturated carbocycles. The number of nitrogens with zero attached hydrogens (tertiary/aromatic N) is 4. The van der Waals surface area contributed by atoms with Gasteiger partial charge >= 0.3 is 0 Å². The number of rotatable bonds is 5. The van der Waals surface area contributed by atoms with Crippen molar-refractivity contribution in [3.63, 3.8) is 0 Å². The molecule has 0 aliphatic heterocycles. The Kier molecular flexibility index (Phi) is 4.46. The fourth-order valence-corrected chi connectivity index (χ4v) is 2.16. The predicted octanol–water partition coefficient (Wildman–Crippen LogP) is 1.62. The molecule has 1 amide bonds. The van der Waals surface area contributed by atoms with Crippen molar-refractivity contribution in [2.75, 3.05) is 13.6 Å². The number of aromatic nitrogens is 2. The molecule has 2 aromatic rings. The lowest BCUT2D eigenvalue weighted by atomic mass is 10.1. The monoisotopic (exact) mass is 318 g/mol. The highest BCUT2D eigenvalue weighted by molar-refractivity contribution is 5.92. The number of hydrogen-bond acceptors (Lipinski definition) is 5. The lowest BCUT2D eigenvalue weighted by Crippen LogP contribution is -2.39. The van der Waals surface area contributed by atoms with Gasteiger partial charge in [-0.05, 0) is 32.0 Å². The standard InChI is InChI=1S/C15H18N4O4/c1-15(2,21)10-17(3)14(20)13-8-9-18(16-13)11-4-6-12(7-5-11)19(22)23/h4-9,21H,10H2,1-3H3. The van der Waals surface area contributed by atoms with E-state index in [2.05, 4.69) is 5.10 Å². The summed E-state index contributed by atoms with van der Waals surface area (Å²) in [4.78, 5) is 23.8. The van der Waals surface area contributed by atoms with Gasteiger partial charge in [-0.25, -0.2) is 4.68 Å². The van der Waals surface area contributed by atoms with Crippen molar-refractivity contribution in [3.05, 3.63) is 52.3 Å². The van der Waals surface area contributed by atoms with Crippen LogP contribution in [0.15, 0.2) is 36.5 Å². The largest absolute Gasteiger partial charge is 0.389 e. The molecule has 2 rings (SSSR count). The van der Waals surface area contributed by atoms with Crippen LogP contribution in [-0.2, 0) is 0 Å². The number of non-ortho nitro benzene ring substituents is 1. The SMILES string of the molecule is CN(CC(C)(C)O)C(=O)c1ccn(-c2ccc([N+](=O)[O-])cc2)n1. The van der Waals surface area contributed by atoms with Gasteiger partial charge in [-0.1, -0.05) is 0 Å².